The molecule has 11 nitrogen and oxygen atoms in total. The molecule has 0 bridgehead atoms. The Balaban J connectivity index is 1.60. The van der Waals surface area contributed by atoms with E-state index in [1.54, 1.807) is 19.9 Å². The van der Waals surface area contributed by atoms with E-state index >= 15 is 0 Å². The molecule has 0 aliphatic carbocycles. The first-order chi connectivity index (χ1) is 18.5. The van der Waals surface area contributed by atoms with E-state index in [1.165, 1.54) is 22.6 Å². The fraction of sp³-hybridized carbons (Fsp3) is 0.481. The maximum Gasteiger partial charge on any atom is 0.323 e. The number of aliphatic imine (C=N–C) groups is 1. The second kappa shape index (κ2) is 13.4. The smallest absolute Gasteiger partial charge is 0.323 e. The molecule has 3 rings (SSSR count). The number of ether oxygens (including phenoxy) is 2. The van der Waals surface area contributed by atoms with Gasteiger partial charge in [-0.15, -0.1) is 11.3 Å². The SMILES string of the molecule is CCOC(=O)CC[C@@H](NCc1cc(C#CN2C=Nc3[nH]c(NC(=O)C(C)(C)C)cc3C2O)cs1)C(=O)OCC. The van der Waals surface area contributed by atoms with Gasteiger partial charge in [-0.25, -0.2) is 4.99 Å². The molecule has 0 radical (unpaired) electrons. The summed E-state index contributed by atoms with van der Waals surface area (Å²) in [5.41, 5.74) is 0.663. The number of hydrogen-bond donors (Lipinski definition) is 4. The molecule has 2 aromatic heterocycles. The van der Waals surface area contributed by atoms with Gasteiger partial charge in [-0.2, -0.15) is 0 Å². The van der Waals surface area contributed by atoms with E-state index in [1.807, 2.05) is 32.2 Å². The monoisotopic (exact) mass is 557 g/mol. The highest BCUT2D eigenvalue weighted by Gasteiger charge is 2.27. The summed E-state index contributed by atoms with van der Waals surface area (Å²) in [6.45, 7) is 9.83. The zero-order valence-electron chi connectivity index (χ0n) is 22.8. The van der Waals surface area contributed by atoms with Gasteiger partial charge in [0.1, 0.15) is 24.0 Å². The molecule has 1 aliphatic rings. The molecule has 2 aromatic rings. The second-order valence-electron chi connectivity index (χ2n) is 9.78. The molecule has 3 heterocycles. The number of aromatic nitrogens is 1. The van der Waals surface area contributed by atoms with Gasteiger partial charge in [0.15, 0.2) is 6.23 Å². The third-order valence-electron chi connectivity index (χ3n) is 5.63. The molecule has 12 heteroatoms. The van der Waals surface area contributed by atoms with Gasteiger partial charge in [0.05, 0.1) is 13.2 Å². The maximum absolute atomic E-state index is 12.3. The lowest BCUT2D eigenvalue weighted by molar-refractivity contribution is -0.147. The molecule has 0 fully saturated rings. The van der Waals surface area contributed by atoms with E-state index in [0.717, 1.165) is 10.4 Å². The highest BCUT2D eigenvalue weighted by molar-refractivity contribution is 7.10. The van der Waals surface area contributed by atoms with E-state index in [2.05, 4.69) is 32.6 Å². The molecule has 0 saturated carbocycles. The van der Waals surface area contributed by atoms with Crippen molar-refractivity contribution in [2.45, 2.75) is 66.3 Å². The molecule has 0 aromatic carbocycles. The number of nitrogens with one attached hydrogen (secondary N) is 3. The first kappa shape index (κ1) is 29.9. The van der Waals surface area contributed by atoms with Crippen LogP contribution in [-0.2, 0) is 30.4 Å². The average molecular weight is 558 g/mol. The van der Waals surface area contributed by atoms with Crippen molar-refractivity contribution in [1.82, 2.24) is 15.2 Å². The van der Waals surface area contributed by atoms with Crippen molar-refractivity contribution in [3.05, 3.63) is 33.5 Å². The molecule has 1 amide bonds. The minimum absolute atomic E-state index is 0.110. The molecule has 2 atom stereocenters. The third kappa shape index (κ3) is 8.41. The number of esters is 2. The molecule has 1 unspecified atom stereocenters. The van der Waals surface area contributed by atoms with Crippen LogP contribution in [0.1, 0.15) is 69.7 Å². The second-order valence-corrected chi connectivity index (χ2v) is 10.8. The van der Waals surface area contributed by atoms with Gasteiger partial charge in [-0.1, -0.05) is 20.8 Å². The van der Waals surface area contributed by atoms with Crippen LogP contribution in [0.15, 0.2) is 22.5 Å². The summed E-state index contributed by atoms with van der Waals surface area (Å²) in [6, 6.07) is 5.79. The first-order valence-electron chi connectivity index (χ1n) is 12.7. The number of amides is 1. The van der Waals surface area contributed by atoms with Crippen LogP contribution in [0, 0.1) is 17.4 Å². The normalized spacial score (nSPS) is 15.1. The molecular formula is C27H35N5O6S. The highest BCUT2D eigenvalue weighted by atomic mass is 32.1. The number of carbonyl (C=O) groups is 3. The topological polar surface area (TPSA) is 145 Å². The molecule has 39 heavy (non-hydrogen) atoms. The standard InChI is InChI=1S/C27H35N5O6S/c1-6-37-22(33)9-8-20(25(35)38-7-2)28-14-18-12-17(15-39-18)10-11-32-16-29-23-19(24(32)34)13-21(30-23)31-26(36)27(3,4)5/h12-13,15-16,20,24,28,30,34H,6-9,14H2,1-5H3,(H,31,36)/t20-,24?/m1/s1. The number of thiophene rings is 1. The lowest BCUT2D eigenvalue weighted by Gasteiger charge is -2.22. The summed E-state index contributed by atoms with van der Waals surface area (Å²) >= 11 is 1.47. The Kier molecular flexibility index (Phi) is 10.3. The van der Waals surface area contributed by atoms with Crippen LogP contribution in [0.3, 0.4) is 0 Å². The molecule has 4 N–H and O–H groups in total. The van der Waals surface area contributed by atoms with Gasteiger partial charge < -0.3 is 24.9 Å². The number of hydrogen-bond acceptors (Lipinski definition) is 10. The molecule has 210 valence electrons. The minimum atomic E-state index is -1.06. The average Bonchev–Trinajstić information content (AvgIpc) is 3.50. The number of anilines is 1. The summed E-state index contributed by atoms with van der Waals surface area (Å²) in [7, 11) is 0. The van der Waals surface area contributed by atoms with Gasteiger partial charge >= 0.3 is 11.9 Å². The van der Waals surface area contributed by atoms with Crippen molar-refractivity contribution in [3.63, 3.8) is 0 Å². The molecule has 0 saturated heterocycles. The number of fused-ring (bicyclic) bond motifs is 1. The van der Waals surface area contributed by atoms with Crippen LogP contribution in [0.4, 0.5) is 11.6 Å². The number of nitrogens with zero attached hydrogens (tertiary/aromatic N) is 2. The Morgan fingerprint density at radius 2 is 1.97 bits per heavy atom. The summed E-state index contributed by atoms with van der Waals surface area (Å²) < 4.78 is 10.1. The Labute approximate surface area is 232 Å². The van der Waals surface area contributed by atoms with Crippen molar-refractivity contribution in [1.29, 1.82) is 0 Å². The number of rotatable bonds is 10. The van der Waals surface area contributed by atoms with Crippen LogP contribution in [0.5, 0.6) is 0 Å². The van der Waals surface area contributed by atoms with Crippen molar-refractivity contribution in [2.75, 3.05) is 18.5 Å². The quantitative estimate of drug-likeness (QED) is 0.257. The van der Waals surface area contributed by atoms with Crippen molar-refractivity contribution in [3.8, 4) is 12.0 Å². The summed E-state index contributed by atoms with van der Waals surface area (Å²) in [6.07, 6.45) is 0.739. The predicted octanol–water partition coefficient (Wildman–Crippen LogP) is 3.40. The molecular weight excluding hydrogens is 522 g/mol. The lowest BCUT2D eigenvalue weighted by atomic mass is 9.96. The van der Waals surface area contributed by atoms with Crippen LogP contribution in [0.25, 0.3) is 0 Å². The number of aliphatic hydroxyl groups is 1. The highest BCUT2D eigenvalue weighted by Crippen LogP contribution is 2.33. The Hall–Kier alpha value is -3.66. The summed E-state index contributed by atoms with van der Waals surface area (Å²) in [4.78, 5) is 45.9. The number of aromatic amines is 1. The Morgan fingerprint density at radius 3 is 2.67 bits per heavy atom. The van der Waals surface area contributed by atoms with Crippen molar-refractivity contribution < 1.29 is 29.0 Å². The molecule has 0 spiro atoms. The number of H-pyrrole nitrogens is 1. The Bertz CT molecular complexity index is 1270. The summed E-state index contributed by atoms with van der Waals surface area (Å²) in [5, 5.41) is 18.6. The van der Waals surface area contributed by atoms with Crippen LogP contribution in [-0.4, -0.2) is 58.4 Å². The van der Waals surface area contributed by atoms with Crippen molar-refractivity contribution >= 4 is 47.2 Å². The van der Waals surface area contributed by atoms with Gasteiger partial charge in [-0.05, 0) is 38.3 Å². The third-order valence-corrected chi connectivity index (χ3v) is 6.56. The maximum atomic E-state index is 12.3. The van der Waals surface area contributed by atoms with Crippen LogP contribution in [0.2, 0.25) is 0 Å². The van der Waals surface area contributed by atoms with Gasteiger partial charge in [0.25, 0.3) is 0 Å². The Morgan fingerprint density at radius 1 is 1.23 bits per heavy atom. The zero-order valence-corrected chi connectivity index (χ0v) is 23.6. The van der Waals surface area contributed by atoms with Gasteiger partial charge in [0, 0.05) is 45.8 Å². The van der Waals surface area contributed by atoms with Gasteiger partial charge in [0.2, 0.25) is 5.91 Å². The number of carbonyl (C=O) groups excluding carboxylic acids is 3. The summed E-state index contributed by atoms with van der Waals surface area (Å²) in [5.74, 6) is 2.98. The number of aliphatic hydroxyl groups excluding tert-OH is 1. The lowest BCUT2D eigenvalue weighted by Crippen LogP contribution is -2.38. The first-order valence-corrected chi connectivity index (χ1v) is 13.6. The van der Waals surface area contributed by atoms with E-state index < -0.39 is 23.7 Å². The van der Waals surface area contributed by atoms with Gasteiger partial charge in [-0.3, -0.25) is 24.6 Å². The fourth-order valence-corrected chi connectivity index (χ4v) is 4.26. The minimum Gasteiger partial charge on any atom is -0.466 e. The van der Waals surface area contributed by atoms with Crippen molar-refractivity contribution in [2.24, 2.45) is 10.4 Å². The largest absolute Gasteiger partial charge is 0.466 e. The zero-order chi connectivity index (χ0) is 28.6. The van der Waals surface area contributed by atoms with E-state index in [-0.39, 0.29) is 31.3 Å². The van der Waals surface area contributed by atoms with E-state index in [9.17, 15) is 19.5 Å². The molecule has 1 aliphatic heterocycles. The van der Waals surface area contributed by atoms with E-state index in [4.69, 9.17) is 9.47 Å². The fourth-order valence-electron chi connectivity index (χ4n) is 3.50. The van der Waals surface area contributed by atoms with E-state index in [0.29, 0.717) is 30.4 Å². The predicted molar refractivity (Wildman–Crippen MR) is 148 cm³/mol. The van der Waals surface area contributed by atoms with Crippen LogP contribution >= 0.6 is 11.3 Å². The van der Waals surface area contributed by atoms with Crippen LogP contribution < -0.4 is 10.6 Å².